The second-order valence-electron chi connectivity index (χ2n) is 4.33. The van der Waals surface area contributed by atoms with Crippen LogP contribution in [-0.4, -0.2) is 25.9 Å². The fourth-order valence-corrected chi connectivity index (χ4v) is 1.84. The highest BCUT2D eigenvalue weighted by Gasteiger charge is 2.03. The average Bonchev–Trinajstić information content (AvgIpc) is 2.34. The minimum absolute atomic E-state index is 0.472. The van der Waals surface area contributed by atoms with Gasteiger partial charge >= 0.3 is 0 Å². The van der Waals surface area contributed by atoms with Crippen LogP contribution in [0.1, 0.15) is 26.3 Å². The van der Waals surface area contributed by atoms with Gasteiger partial charge in [-0.1, -0.05) is 29.8 Å². The molecular weight excluding hydrogens is 294 g/mol. The van der Waals surface area contributed by atoms with Gasteiger partial charge in [-0.05, 0) is 30.7 Å². The lowest BCUT2D eigenvalue weighted by molar-refractivity contribution is 0.110. The van der Waals surface area contributed by atoms with E-state index in [0.29, 0.717) is 19.3 Å². The SMILES string of the molecule is CCOCCOc1ccc(Br)c(CNC(C)C)c1. The molecule has 18 heavy (non-hydrogen) atoms. The predicted octanol–water partition coefficient (Wildman–Crippen LogP) is 3.36. The Bertz CT molecular complexity index is 356. The van der Waals surface area contributed by atoms with Gasteiger partial charge in [-0.3, -0.25) is 0 Å². The lowest BCUT2D eigenvalue weighted by Crippen LogP contribution is -2.22. The third kappa shape index (κ3) is 5.85. The summed E-state index contributed by atoms with van der Waals surface area (Å²) in [4.78, 5) is 0. The Labute approximate surface area is 118 Å². The highest BCUT2D eigenvalue weighted by molar-refractivity contribution is 9.10. The summed E-state index contributed by atoms with van der Waals surface area (Å²) in [5.41, 5.74) is 1.21. The molecule has 0 saturated heterocycles. The van der Waals surface area contributed by atoms with E-state index in [1.165, 1.54) is 5.56 Å². The summed E-state index contributed by atoms with van der Waals surface area (Å²) in [5, 5.41) is 3.40. The molecule has 0 aliphatic rings. The maximum absolute atomic E-state index is 5.64. The molecule has 0 aliphatic carbocycles. The molecule has 0 amide bonds. The van der Waals surface area contributed by atoms with Crippen molar-refractivity contribution in [3.63, 3.8) is 0 Å². The standard InChI is InChI=1S/C14H22BrNO2/c1-4-17-7-8-18-13-5-6-14(15)12(9-13)10-16-11(2)3/h5-6,9,11,16H,4,7-8,10H2,1-3H3. The van der Waals surface area contributed by atoms with Crippen LogP contribution in [0.5, 0.6) is 5.75 Å². The van der Waals surface area contributed by atoms with Gasteiger partial charge in [0.25, 0.3) is 0 Å². The molecule has 1 aromatic carbocycles. The van der Waals surface area contributed by atoms with E-state index < -0.39 is 0 Å². The van der Waals surface area contributed by atoms with E-state index in [1.54, 1.807) is 0 Å². The van der Waals surface area contributed by atoms with Crippen molar-refractivity contribution in [2.24, 2.45) is 0 Å². The van der Waals surface area contributed by atoms with Gasteiger partial charge in [0.05, 0.1) is 6.61 Å². The normalized spacial score (nSPS) is 10.9. The number of halogens is 1. The minimum atomic E-state index is 0.472. The molecule has 1 N–H and O–H groups in total. The second kappa shape index (κ2) is 8.51. The summed E-state index contributed by atoms with van der Waals surface area (Å²) in [6, 6.07) is 6.52. The Balaban J connectivity index is 2.51. The van der Waals surface area contributed by atoms with Crippen LogP contribution in [0.4, 0.5) is 0 Å². The second-order valence-corrected chi connectivity index (χ2v) is 5.19. The van der Waals surface area contributed by atoms with Crippen molar-refractivity contribution in [1.29, 1.82) is 0 Å². The van der Waals surface area contributed by atoms with Gasteiger partial charge in [0, 0.05) is 23.7 Å². The summed E-state index contributed by atoms with van der Waals surface area (Å²) in [7, 11) is 0. The van der Waals surface area contributed by atoms with Crippen LogP contribution in [0.25, 0.3) is 0 Å². The molecule has 1 rings (SSSR count). The van der Waals surface area contributed by atoms with Crippen molar-refractivity contribution in [2.75, 3.05) is 19.8 Å². The van der Waals surface area contributed by atoms with E-state index in [9.17, 15) is 0 Å². The number of ether oxygens (including phenoxy) is 2. The maximum atomic E-state index is 5.64. The third-order valence-corrected chi connectivity index (χ3v) is 3.19. The van der Waals surface area contributed by atoms with Crippen LogP contribution in [0, 0.1) is 0 Å². The smallest absolute Gasteiger partial charge is 0.119 e. The summed E-state index contributed by atoms with van der Waals surface area (Å²) in [5.74, 6) is 0.887. The zero-order valence-corrected chi connectivity index (χ0v) is 12.9. The van der Waals surface area contributed by atoms with Crippen LogP contribution >= 0.6 is 15.9 Å². The third-order valence-electron chi connectivity index (χ3n) is 2.42. The molecule has 0 aliphatic heterocycles. The molecule has 4 heteroatoms. The van der Waals surface area contributed by atoms with Gasteiger partial charge in [-0.25, -0.2) is 0 Å². The van der Waals surface area contributed by atoms with Crippen LogP contribution in [0.3, 0.4) is 0 Å². The van der Waals surface area contributed by atoms with Crippen molar-refractivity contribution in [3.8, 4) is 5.75 Å². The van der Waals surface area contributed by atoms with Gasteiger partial charge in [-0.15, -0.1) is 0 Å². The number of hydrogen-bond donors (Lipinski definition) is 1. The van der Waals surface area contributed by atoms with Crippen LogP contribution in [0.15, 0.2) is 22.7 Å². The first-order chi connectivity index (χ1) is 8.63. The largest absolute Gasteiger partial charge is 0.491 e. The summed E-state index contributed by atoms with van der Waals surface area (Å²) < 4.78 is 12.0. The van der Waals surface area contributed by atoms with Crippen molar-refractivity contribution in [3.05, 3.63) is 28.2 Å². The minimum Gasteiger partial charge on any atom is -0.491 e. The van der Waals surface area contributed by atoms with Crippen LogP contribution in [-0.2, 0) is 11.3 Å². The van der Waals surface area contributed by atoms with Gasteiger partial charge in [-0.2, -0.15) is 0 Å². The molecule has 0 atom stereocenters. The predicted molar refractivity (Wildman–Crippen MR) is 78.1 cm³/mol. The van der Waals surface area contributed by atoms with Crippen molar-refractivity contribution in [1.82, 2.24) is 5.32 Å². The Morgan fingerprint density at radius 3 is 2.72 bits per heavy atom. The van der Waals surface area contributed by atoms with Gasteiger partial charge in [0.1, 0.15) is 12.4 Å². The fourth-order valence-electron chi connectivity index (χ4n) is 1.45. The van der Waals surface area contributed by atoms with E-state index in [0.717, 1.165) is 23.4 Å². The molecule has 3 nitrogen and oxygen atoms in total. The Morgan fingerprint density at radius 2 is 2.06 bits per heavy atom. The molecule has 0 bridgehead atoms. The zero-order chi connectivity index (χ0) is 13.4. The van der Waals surface area contributed by atoms with Crippen molar-refractivity contribution in [2.45, 2.75) is 33.4 Å². The Kier molecular flexibility index (Phi) is 7.32. The first-order valence-electron chi connectivity index (χ1n) is 6.35. The first-order valence-corrected chi connectivity index (χ1v) is 7.15. The maximum Gasteiger partial charge on any atom is 0.119 e. The Morgan fingerprint density at radius 1 is 1.28 bits per heavy atom. The van der Waals surface area contributed by atoms with Crippen molar-refractivity contribution >= 4 is 15.9 Å². The van der Waals surface area contributed by atoms with Gasteiger partial charge in [0.2, 0.25) is 0 Å². The van der Waals surface area contributed by atoms with E-state index in [4.69, 9.17) is 9.47 Å². The molecule has 102 valence electrons. The molecular formula is C14H22BrNO2. The Hall–Kier alpha value is -0.580. The molecule has 0 fully saturated rings. The highest BCUT2D eigenvalue weighted by atomic mass is 79.9. The zero-order valence-electron chi connectivity index (χ0n) is 11.3. The first kappa shape index (κ1) is 15.5. The van der Waals surface area contributed by atoms with E-state index in [-0.39, 0.29) is 0 Å². The lowest BCUT2D eigenvalue weighted by Gasteiger charge is -2.12. The highest BCUT2D eigenvalue weighted by Crippen LogP contribution is 2.22. The molecule has 0 saturated carbocycles. The molecule has 0 unspecified atom stereocenters. The van der Waals surface area contributed by atoms with E-state index in [2.05, 4.69) is 41.2 Å². The monoisotopic (exact) mass is 315 g/mol. The van der Waals surface area contributed by atoms with Crippen LogP contribution in [0.2, 0.25) is 0 Å². The van der Waals surface area contributed by atoms with Crippen molar-refractivity contribution < 1.29 is 9.47 Å². The molecule has 0 spiro atoms. The number of benzene rings is 1. The molecule has 1 aromatic rings. The summed E-state index contributed by atoms with van der Waals surface area (Å²) in [6.45, 7) is 9.04. The van der Waals surface area contributed by atoms with Gasteiger partial charge in [0.15, 0.2) is 0 Å². The van der Waals surface area contributed by atoms with Gasteiger partial charge < -0.3 is 14.8 Å². The average molecular weight is 316 g/mol. The summed E-state index contributed by atoms with van der Waals surface area (Å²) >= 11 is 3.55. The van der Waals surface area contributed by atoms with Crippen LogP contribution < -0.4 is 10.1 Å². The topological polar surface area (TPSA) is 30.5 Å². The number of hydrogen-bond acceptors (Lipinski definition) is 3. The van der Waals surface area contributed by atoms with E-state index >= 15 is 0 Å². The molecule has 0 aromatic heterocycles. The molecule has 0 heterocycles. The number of rotatable bonds is 8. The fraction of sp³-hybridized carbons (Fsp3) is 0.571. The lowest BCUT2D eigenvalue weighted by atomic mass is 10.2. The number of nitrogens with one attached hydrogen (secondary N) is 1. The molecule has 0 radical (unpaired) electrons. The summed E-state index contributed by atoms with van der Waals surface area (Å²) in [6.07, 6.45) is 0. The quantitative estimate of drug-likeness (QED) is 0.746. The van der Waals surface area contributed by atoms with E-state index in [1.807, 2.05) is 19.1 Å².